The fraction of sp³-hybridized carbons (Fsp3) is 0.133. The van der Waals surface area contributed by atoms with Gasteiger partial charge in [-0.1, -0.05) is 11.6 Å². The van der Waals surface area contributed by atoms with E-state index >= 15 is 0 Å². The summed E-state index contributed by atoms with van der Waals surface area (Å²) in [5, 5.41) is 2.45. The van der Waals surface area contributed by atoms with Crippen molar-refractivity contribution < 1.29 is 22.7 Å². The lowest BCUT2D eigenvalue weighted by molar-refractivity contribution is -0.122. The number of hydrogen-bond donors (Lipinski definition) is 1. The van der Waals surface area contributed by atoms with E-state index in [1.165, 1.54) is 13.0 Å². The maximum absolute atomic E-state index is 13.5. The molecule has 0 heterocycles. The minimum Gasteiger partial charge on any atom is -0.478 e. The summed E-state index contributed by atoms with van der Waals surface area (Å²) >= 11 is 5.78. The van der Waals surface area contributed by atoms with Crippen molar-refractivity contribution in [2.75, 3.05) is 5.32 Å². The smallest absolute Gasteiger partial charge is 0.265 e. The van der Waals surface area contributed by atoms with E-state index in [2.05, 4.69) is 5.32 Å². The van der Waals surface area contributed by atoms with Crippen LogP contribution < -0.4 is 10.1 Å². The van der Waals surface area contributed by atoms with E-state index in [4.69, 9.17) is 16.3 Å². The van der Waals surface area contributed by atoms with Crippen LogP contribution in [0.15, 0.2) is 36.4 Å². The molecule has 0 aliphatic heterocycles. The van der Waals surface area contributed by atoms with Crippen LogP contribution in [0.3, 0.4) is 0 Å². The Labute approximate surface area is 129 Å². The molecule has 0 saturated carbocycles. The molecule has 0 bridgehead atoms. The van der Waals surface area contributed by atoms with E-state index in [1.807, 2.05) is 0 Å². The van der Waals surface area contributed by atoms with Crippen LogP contribution in [0.1, 0.15) is 6.92 Å². The van der Waals surface area contributed by atoms with Crippen molar-refractivity contribution in [1.29, 1.82) is 0 Å². The zero-order chi connectivity index (χ0) is 16.3. The predicted molar refractivity (Wildman–Crippen MR) is 76.5 cm³/mol. The lowest BCUT2D eigenvalue weighted by Crippen LogP contribution is -2.30. The molecule has 22 heavy (non-hydrogen) atoms. The summed E-state index contributed by atoms with van der Waals surface area (Å²) in [5.41, 5.74) is 0.197. The first-order valence-electron chi connectivity index (χ1n) is 6.24. The molecule has 0 spiro atoms. The van der Waals surface area contributed by atoms with Crippen molar-refractivity contribution in [3.8, 4) is 5.75 Å². The van der Waals surface area contributed by atoms with Gasteiger partial charge in [-0.3, -0.25) is 4.79 Å². The second kappa shape index (κ2) is 6.70. The number of ether oxygens (including phenoxy) is 1. The quantitative estimate of drug-likeness (QED) is 0.914. The largest absolute Gasteiger partial charge is 0.478 e. The van der Waals surface area contributed by atoms with Gasteiger partial charge < -0.3 is 10.1 Å². The van der Waals surface area contributed by atoms with Gasteiger partial charge in [-0.15, -0.1) is 0 Å². The van der Waals surface area contributed by atoms with Crippen LogP contribution >= 0.6 is 11.6 Å². The summed E-state index contributed by atoms with van der Waals surface area (Å²) in [6, 6.07) is 6.21. The Hall–Kier alpha value is -2.21. The Balaban J connectivity index is 2.05. The predicted octanol–water partition coefficient (Wildman–Crippen LogP) is 4.16. The lowest BCUT2D eigenvalue weighted by atomic mass is 10.2. The Morgan fingerprint density at radius 3 is 2.41 bits per heavy atom. The van der Waals surface area contributed by atoms with Crippen molar-refractivity contribution in [3.05, 3.63) is 58.9 Å². The van der Waals surface area contributed by atoms with Crippen molar-refractivity contribution in [2.24, 2.45) is 0 Å². The van der Waals surface area contributed by atoms with Crippen LogP contribution in [-0.2, 0) is 4.79 Å². The molecule has 116 valence electrons. The summed E-state index contributed by atoms with van der Waals surface area (Å²) in [4.78, 5) is 11.9. The zero-order valence-corrected chi connectivity index (χ0v) is 12.1. The fourth-order valence-electron chi connectivity index (χ4n) is 1.64. The summed E-state index contributed by atoms with van der Waals surface area (Å²) < 4.78 is 44.3. The molecule has 1 N–H and O–H groups in total. The van der Waals surface area contributed by atoms with Crippen LogP contribution in [0.25, 0.3) is 0 Å². The van der Waals surface area contributed by atoms with Gasteiger partial charge in [0.25, 0.3) is 5.91 Å². The molecule has 2 aromatic rings. The SMILES string of the molecule is CC(Oc1ccc(F)cc1F)C(=O)Nc1ccc(F)cc1Cl. The van der Waals surface area contributed by atoms with Gasteiger partial charge in [-0.25, -0.2) is 13.2 Å². The van der Waals surface area contributed by atoms with E-state index in [-0.39, 0.29) is 16.5 Å². The number of rotatable bonds is 4. The van der Waals surface area contributed by atoms with Crippen LogP contribution in [0.5, 0.6) is 5.75 Å². The molecule has 0 radical (unpaired) electrons. The standard InChI is InChI=1S/C15H11ClF3NO2/c1-8(22-14-5-3-10(18)7-12(14)19)15(21)20-13-4-2-9(17)6-11(13)16/h2-8H,1H3,(H,20,21). The second-order valence-electron chi connectivity index (χ2n) is 4.45. The van der Waals surface area contributed by atoms with Gasteiger partial charge in [-0.2, -0.15) is 0 Å². The molecule has 2 aromatic carbocycles. The maximum atomic E-state index is 13.5. The maximum Gasteiger partial charge on any atom is 0.265 e. The Morgan fingerprint density at radius 1 is 1.14 bits per heavy atom. The molecule has 7 heteroatoms. The lowest BCUT2D eigenvalue weighted by Gasteiger charge is -2.15. The highest BCUT2D eigenvalue weighted by atomic mass is 35.5. The second-order valence-corrected chi connectivity index (χ2v) is 4.86. The topological polar surface area (TPSA) is 38.3 Å². The molecule has 1 amide bonds. The highest BCUT2D eigenvalue weighted by Gasteiger charge is 2.18. The van der Waals surface area contributed by atoms with Crippen molar-refractivity contribution >= 4 is 23.2 Å². The van der Waals surface area contributed by atoms with Gasteiger partial charge in [0.2, 0.25) is 0 Å². The van der Waals surface area contributed by atoms with Crippen LogP contribution in [0, 0.1) is 17.5 Å². The number of halogens is 4. The summed E-state index contributed by atoms with van der Waals surface area (Å²) in [7, 11) is 0. The normalized spacial score (nSPS) is 11.9. The minimum absolute atomic E-state index is 0.0218. The highest BCUT2D eigenvalue weighted by Crippen LogP contribution is 2.23. The first kappa shape index (κ1) is 16.2. The number of hydrogen-bond acceptors (Lipinski definition) is 2. The average Bonchev–Trinajstić information content (AvgIpc) is 2.44. The molecule has 0 aromatic heterocycles. The van der Waals surface area contributed by atoms with Gasteiger partial charge >= 0.3 is 0 Å². The molecule has 0 aliphatic rings. The van der Waals surface area contributed by atoms with Crippen LogP contribution in [0.2, 0.25) is 5.02 Å². The molecule has 0 aliphatic carbocycles. The number of nitrogens with one attached hydrogen (secondary N) is 1. The van der Waals surface area contributed by atoms with E-state index in [0.717, 1.165) is 24.3 Å². The van der Waals surface area contributed by atoms with E-state index < -0.39 is 29.5 Å². The van der Waals surface area contributed by atoms with E-state index in [0.29, 0.717) is 6.07 Å². The van der Waals surface area contributed by atoms with Gasteiger partial charge in [-0.05, 0) is 37.3 Å². The van der Waals surface area contributed by atoms with Crippen molar-refractivity contribution in [2.45, 2.75) is 13.0 Å². The summed E-state index contributed by atoms with van der Waals surface area (Å²) in [6.07, 6.45) is -1.07. The van der Waals surface area contributed by atoms with Crippen molar-refractivity contribution in [3.63, 3.8) is 0 Å². The average molecular weight is 330 g/mol. The van der Waals surface area contributed by atoms with Crippen LogP contribution in [0.4, 0.5) is 18.9 Å². The molecule has 2 rings (SSSR count). The number of carbonyl (C=O) groups is 1. The van der Waals surface area contributed by atoms with E-state index in [1.54, 1.807) is 0 Å². The fourth-order valence-corrected chi connectivity index (χ4v) is 1.85. The third kappa shape index (κ3) is 3.92. The molecular weight excluding hydrogens is 319 g/mol. The Bertz CT molecular complexity index is 709. The number of amides is 1. The Morgan fingerprint density at radius 2 is 1.77 bits per heavy atom. The zero-order valence-electron chi connectivity index (χ0n) is 11.4. The highest BCUT2D eigenvalue weighted by molar-refractivity contribution is 6.33. The molecule has 0 saturated heterocycles. The third-order valence-corrected chi connectivity index (χ3v) is 3.07. The van der Waals surface area contributed by atoms with Gasteiger partial charge in [0.05, 0.1) is 10.7 Å². The molecule has 1 atom stereocenters. The number of anilines is 1. The van der Waals surface area contributed by atoms with E-state index in [9.17, 15) is 18.0 Å². The number of benzene rings is 2. The summed E-state index contributed by atoms with van der Waals surface area (Å²) in [5.74, 6) is -3.08. The Kier molecular flexibility index (Phi) is 4.92. The summed E-state index contributed by atoms with van der Waals surface area (Å²) in [6.45, 7) is 1.38. The molecule has 1 unspecified atom stereocenters. The third-order valence-electron chi connectivity index (χ3n) is 2.76. The molecule has 0 fully saturated rings. The first-order chi connectivity index (χ1) is 10.4. The van der Waals surface area contributed by atoms with Gasteiger partial charge in [0, 0.05) is 6.07 Å². The van der Waals surface area contributed by atoms with Gasteiger partial charge in [0.1, 0.15) is 11.6 Å². The van der Waals surface area contributed by atoms with Crippen LogP contribution in [-0.4, -0.2) is 12.0 Å². The first-order valence-corrected chi connectivity index (χ1v) is 6.62. The minimum atomic E-state index is -1.07. The van der Waals surface area contributed by atoms with Crippen molar-refractivity contribution in [1.82, 2.24) is 0 Å². The monoisotopic (exact) mass is 329 g/mol. The molecule has 3 nitrogen and oxygen atoms in total. The molecular formula is C15H11ClF3NO2. The van der Waals surface area contributed by atoms with Gasteiger partial charge in [0.15, 0.2) is 17.7 Å². The number of carbonyl (C=O) groups excluding carboxylic acids is 1.